The highest BCUT2D eigenvalue weighted by Crippen LogP contribution is 2.13. The van der Waals surface area contributed by atoms with Crippen LogP contribution < -0.4 is 0 Å². The summed E-state index contributed by atoms with van der Waals surface area (Å²) in [4.78, 5) is 6.60. The molecule has 0 unspecified atom stereocenters. The van der Waals surface area contributed by atoms with Crippen molar-refractivity contribution in [2.45, 2.75) is 33.0 Å². The number of imidazole rings is 1. The number of hydrogen-bond donors (Lipinski definition) is 0. The average molecular weight is 165 g/mol. The van der Waals surface area contributed by atoms with Gasteiger partial charge in [-0.15, -0.1) is 0 Å². The van der Waals surface area contributed by atoms with Crippen LogP contribution in [0.5, 0.6) is 0 Å². The maximum Gasteiger partial charge on any atom is 0.0949 e. The summed E-state index contributed by atoms with van der Waals surface area (Å²) in [6.45, 7) is 7.78. The molecule has 0 aromatic carbocycles. The molecule has 12 heavy (non-hydrogen) atoms. The van der Waals surface area contributed by atoms with Crippen molar-refractivity contribution >= 4 is 0 Å². The van der Waals surface area contributed by atoms with Crippen molar-refractivity contribution in [3.8, 4) is 0 Å². The maximum absolute atomic E-state index is 4.13. The van der Waals surface area contributed by atoms with Crippen molar-refractivity contribution in [2.24, 2.45) is 0 Å². The molecule has 3 heteroatoms. The molecule has 2 rings (SSSR count). The maximum atomic E-state index is 4.13. The first kappa shape index (κ1) is 7.80. The topological polar surface area (TPSA) is 21.1 Å². The summed E-state index contributed by atoms with van der Waals surface area (Å²) in [6, 6.07) is 0.647. The largest absolute Gasteiger partial charge is 0.332 e. The lowest BCUT2D eigenvalue weighted by Gasteiger charge is -2.31. The summed E-state index contributed by atoms with van der Waals surface area (Å²) in [5, 5.41) is 0. The van der Waals surface area contributed by atoms with E-state index < -0.39 is 0 Å². The van der Waals surface area contributed by atoms with Gasteiger partial charge >= 0.3 is 0 Å². The minimum Gasteiger partial charge on any atom is -0.332 e. The molecule has 1 aromatic rings. The predicted octanol–water partition coefficient (Wildman–Crippen LogP) is 1.11. The normalized spacial score (nSPS) is 18.2. The molecule has 2 heterocycles. The Labute approximate surface area is 73.0 Å². The Kier molecular flexibility index (Phi) is 1.89. The van der Waals surface area contributed by atoms with Gasteiger partial charge in [0, 0.05) is 31.9 Å². The van der Waals surface area contributed by atoms with Gasteiger partial charge < -0.3 is 4.57 Å². The fraction of sp³-hybridized carbons (Fsp3) is 0.667. The molecular formula is C9H15N3. The second-order valence-electron chi connectivity index (χ2n) is 3.64. The van der Waals surface area contributed by atoms with Crippen LogP contribution >= 0.6 is 0 Å². The summed E-state index contributed by atoms with van der Waals surface area (Å²) < 4.78 is 2.24. The fourth-order valence-electron chi connectivity index (χ4n) is 1.65. The third kappa shape index (κ3) is 1.25. The van der Waals surface area contributed by atoms with Gasteiger partial charge in [0.05, 0.1) is 12.0 Å². The first-order valence-corrected chi connectivity index (χ1v) is 4.50. The summed E-state index contributed by atoms with van der Waals surface area (Å²) in [6.07, 6.45) is 3.89. The van der Waals surface area contributed by atoms with Crippen LogP contribution in [0.25, 0.3) is 0 Å². The Morgan fingerprint density at radius 3 is 3.00 bits per heavy atom. The first-order chi connectivity index (χ1) is 5.77. The molecule has 0 N–H and O–H groups in total. The van der Waals surface area contributed by atoms with Crippen LogP contribution in [-0.4, -0.2) is 27.0 Å². The fourth-order valence-corrected chi connectivity index (χ4v) is 1.65. The highest BCUT2D eigenvalue weighted by Gasteiger charge is 2.17. The second kappa shape index (κ2) is 2.90. The second-order valence-corrected chi connectivity index (χ2v) is 3.64. The molecule has 66 valence electrons. The van der Waals surface area contributed by atoms with E-state index in [4.69, 9.17) is 0 Å². The average Bonchev–Trinajstić information content (AvgIpc) is 2.49. The first-order valence-electron chi connectivity index (χ1n) is 4.50. The quantitative estimate of drug-likeness (QED) is 0.621. The molecule has 3 nitrogen and oxygen atoms in total. The predicted molar refractivity (Wildman–Crippen MR) is 47.8 cm³/mol. The van der Waals surface area contributed by atoms with Gasteiger partial charge in [-0.2, -0.15) is 0 Å². The standard InChI is InChI=1S/C9H15N3/c1-8(2)11-3-4-12-7-10-5-9(12)6-11/h5,7-8H,3-4,6H2,1-2H3. The van der Waals surface area contributed by atoms with E-state index in [2.05, 4.69) is 28.3 Å². The van der Waals surface area contributed by atoms with Gasteiger partial charge in [0.2, 0.25) is 0 Å². The van der Waals surface area contributed by atoms with Gasteiger partial charge in [-0.25, -0.2) is 4.98 Å². The molecule has 0 amide bonds. The van der Waals surface area contributed by atoms with Crippen LogP contribution in [0.1, 0.15) is 19.5 Å². The van der Waals surface area contributed by atoms with Crippen LogP contribution in [0.4, 0.5) is 0 Å². The van der Waals surface area contributed by atoms with Crippen LogP contribution in [0, 0.1) is 0 Å². The molecule has 0 fully saturated rings. The number of nitrogens with zero attached hydrogens (tertiary/aromatic N) is 3. The van der Waals surface area contributed by atoms with E-state index in [-0.39, 0.29) is 0 Å². The highest BCUT2D eigenvalue weighted by atomic mass is 15.2. The van der Waals surface area contributed by atoms with Crippen molar-refractivity contribution in [3.63, 3.8) is 0 Å². The molecule has 0 saturated heterocycles. The van der Waals surface area contributed by atoms with Crippen molar-refractivity contribution in [1.29, 1.82) is 0 Å². The third-order valence-electron chi connectivity index (χ3n) is 2.52. The van der Waals surface area contributed by atoms with Gasteiger partial charge in [-0.05, 0) is 13.8 Å². The SMILES string of the molecule is CC(C)N1CCn2cncc2C1. The van der Waals surface area contributed by atoms with E-state index in [1.54, 1.807) is 0 Å². The zero-order chi connectivity index (χ0) is 8.55. The lowest BCUT2D eigenvalue weighted by Crippen LogP contribution is -2.37. The number of aromatic nitrogens is 2. The zero-order valence-corrected chi connectivity index (χ0v) is 7.70. The number of fused-ring (bicyclic) bond motifs is 1. The minimum absolute atomic E-state index is 0.647. The van der Waals surface area contributed by atoms with Crippen molar-refractivity contribution in [2.75, 3.05) is 6.54 Å². The molecule has 0 spiro atoms. The van der Waals surface area contributed by atoms with E-state index >= 15 is 0 Å². The van der Waals surface area contributed by atoms with Crippen molar-refractivity contribution in [1.82, 2.24) is 14.5 Å². The van der Waals surface area contributed by atoms with Crippen molar-refractivity contribution < 1.29 is 0 Å². The van der Waals surface area contributed by atoms with Gasteiger partial charge in [0.1, 0.15) is 0 Å². The van der Waals surface area contributed by atoms with Gasteiger partial charge in [0.25, 0.3) is 0 Å². The summed E-state index contributed by atoms with van der Waals surface area (Å²) in [7, 11) is 0. The van der Waals surface area contributed by atoms with Crippen LogP contribution in [0.15, 0.2) is 12.5 Å². The van der Waals surface area contributed by atoms with E-state index in [9.17, 15) is 0 Å². The minimum atomic E-state index is 0.647. The van der Waals surface area contributed by atoms with Crippen LogP contribution in [0.3, 0.4) is 0 Å². The van der Waals surface area contributed by atoms with Gasteiger partial charge in [0.15, 0.2) is 0 Å². The van der Waals surface area contributed by atoms with Gasteiger partial charge in [-0.3, -0.25) is 4.90 Å². The van der Waals surface area contributed by atoms with E-state index in [1.807, 2.05) is 12.5 Å². The Morgan fingerprint density at radius 1 is 1.42 bits per heavy atom. The molecule has 0 aliphatic carbocycles. The third-order valence-corrected chi connectivity index (χ3v) is 2.52. The van der Waals surface area contributed by atoms with E-state index in [1.165, 1.54) is 5.69 Å². The Bertz CT molecular complexity index is 264. The Morgan fingerprint density at radius 2 is 2.25 bits per heavy atom. The van der Waals surface area contributed by atoms with E-state index in [0.29, 0.717) is 6.04 Å². The number of rotatable bonds is 1. The molecule has 1 aromatic heterocycles. The molecule has 0 radical (unpaired) electrons. The molecule has 1 aliphatic rings. The summed E-state index contributed by atoms with van der Waals surface area (Å²) in [5.41, 5.74) is 1.34. The lowest BCUT2D eigenvalue weighted by atomic mass is 10.2. The highest BCUT2D eigenvalue weighted by molar-refractivity contribution is 5.01. The Balaban J connectivity index is 2.15. The summed E-state index contributed by atoms with van der Waals surface area (Å²) >= 11 is 0. The van der Waals surface area contributed by atoms with Crippen LogP contribution in [0.2, 0.25) is 0 Å². The van der Waals surface area contributed by atoms with E-state index in [0.717, 1.165) is 19.6 Å². The zero-order valence-electron chi connectivity index (χ0n) is 7.70. The smallest absolute Gasteiger partial charge is 0.0949 e. The molecular weight excluding hydrogens is 150 g/mol. The molecule has 0 atom stereocenters. The molecule has 0 bridgehead atoms. The monoisotopic (exact) mass is 165 g/mol. The Hall–Kier alpha value is -0.830. The lowest BCUT2D eigenvalue weighted by molar-refractivity contribution is 0.177. The molecule has 1 aliphatic heterocycles. The van der Waals surface area contributed by atoms with Crippen LogP contribution in [-0.2, 0) is 13.1 Å². The molecule has 0 saturated carbocycles. The van der Waals surface area contributed by atoms with Gasteiger partial charge in [-0.1, -0.05) is 0 Å². The van der Waals surface area contributed by atoms with Crippen molar-refractivity contribution in [3.05, 3.63) is 18.2 Å². The number of hydrogen-bond acceptors (Lipinski definition) is 2. The summed E-state index contributed by atoms with van der Waals surface area (Å²) in [5.74, 6) is 0.